The number of rotatable bonds is 8. The minimum atomic E-state index is -3.79. The van der Waals surface area contributed by atoms with E-state index in [1.54, 1.807) is 30.3 Å². The van der Waals surface area contributed by atoms with Crippen molar-refractivity contribution in [1.82, 2.24) is 0 Å². The van der Waals surface area contributed by atoms with E-state index in [-0.39, 0.29) is 29.4 Å². The Labute approximate surface area is 177 Å². The molecule has 0 atom stereocenters. The number of amides is 1. The average molecular weight is 449 g/mol. The largest absolute Gasteiger partial charge is 0.326 e. The number of carbonyl (C=O) groups is 2. The molecular weight excluding hydrogens is 432 g/mol. The molecule has 0 aliphatic rings. The van der Waals surface area contributed by atoms with Gasteiger partial charge in [0, 0.05) is 23.6 Å². The van der Waals surface area contributed by atoms with Crippen molar-refractivity contribution in [2.24, 2.45) is 0 Å². The van der Waals surface area contributed by atoms with Crippen LogP contribution in [0.15, 0.2) is 70.9 Å². The number of anilines is 2. The number of halogens is 1. The predicted molar refractivity (Wildman–Crippen MR) is 115 cm³/mol. The number of hydrogen-bond donors (Lipinski definition) is 2. The van der Waals surface area contributed by atoms with E-state index < -0.39 is 10.0 Å². The second kappa shape index (κ2) is 9.21. The number of sulfonamides is 1. The molecule has 0 spiro atoms. The van der Waals surface area contributed by atoms with Gasteiger partial charge in [-0.1, -0.05) is 23.7 Å². The zero-order valence-corrected chi connectivity index (χ0v) is 17.5. The van der Waals surface area contributed by atoms with Crippen LogP contribution in [0.4, 0.5) is 11.4 Å². The molecule has 0 radical (unpaired) electrons. The summed E-state index contributed by atoms with van der Waals surface area (Å²) in [7, 11) is -3.79. The Morgan fingerprint density at radius 1 is 0.931 bits per heavy atom. The highest BCUT2D eigenvalue weighted by molar-refractivity contribution is 7.92. The Bertz CT molecular complexity index is 1110. The van der Waals surface area contributed by atoms with Crippen LogP contribution in [0.2, 0.25) is 5.02 Å². The fourth-order valence-electron chi connectivity index (χ4n) is 2.50. The van der Waals surface area contributed by atoms with Crippen molar-refractivity contribution in [2.45, 2.75) is 17.7 Å². The first-order valence-electron chi connectivity index (χ1n) is 8.58. The average Bonchev–Trinajstić information content (AvgIpc) is 3.21. The monoisotopic (exact) mass is 448 g/mol. The predicted octanol–water partition coefficient (Wildman–Crippen LogP) is 4.80. The number of ketones is 1. The van der Waals surface area contributed by atoms with Crippen LogP contribution in [0, 0.1) is 0 Å². The first-order valence-corrected chi connectivity index (χ1v) is 11.3. The van der Waals surface area contributed by atoms with E-state index in [4.69, 9.17) is 11.6 Å². The summed E-state index contributed by atoms with van der Waals surface area (Å²) in [5.41, 5.74) is 0.724. The Morgan fingerprint density at radius 3 is 2.34 bits per heavy atom. The standard InChI is InChI=1S/C20H17ClN2O4S2/c21-14-6-8-17(9-7-14)29(26,27)23-16-4-1-3-15(13-16)22-20(25)11-10-18(24)19-5-2-12-28-19/h1-9,12-13,23H,10-11H2,(H,22,25). The molecule has 1 amide bonds. The summed E-state index contributed by atoms with van der Waals surface area (Å²) in [5, 5.41) is 4.92. The Balaban J connectivity index is 1.61. The highest BCUT2D eigenvalue weighted by atomic mass is 35.5. The number of nitrogens with one attached hydrogen (secondary N) is 2. The van der Waals surface area contributed by atoms with Crippen LogP contribution in [0.25, 0.3) is 0 Å². The van der Waals surface area contributed by atoms with Gasteiger partial charge in [-0.3, -0.25) is 14.3 Å². The van der Waals surface area contributed by atoms with E-state index in [2.05, 4.69) is 10.0 Å². The Morgan fingerprint density at radius 2 is 1.66 bits per heavy atom. The second-order valence-corrected chi connectivity index (χ2v) is 9.16. The maximum Gasteiger partial charge on any atom is 0.261 e. The molecule has 2 aromatic carbocycles. The smallest absolute Gasteiger partial charge is 0.261 e. The Hall–Kier alpha value is -2.68. The van der Waals surface area contributed by atoms with Crippen molar-refractivity contribution in [3.63, 3.8) is 0 Å². The molecule has 0 saturated carbocycles. The molecule has 0 bridgehead atoms. The molecule has 150 valence electrons. The van der Waals surface area contributed by atoms with Gasteiger partial charge < -0.3 is 5.32 Å². The van der Waals surface area contributed by atoms with Gasteiger partial charge in [0.05, 0.1) is 15.5 Å². The van der Waals surface area contributed by atoms with E-state index in [1.807, 2.05) is 5.38 Å². The molecule has 29 heavy (non-hydrogen) atoms. The van der Waals surface area contributed by atoms with Gasteiger partial charge in [-0.2, -0.15) is 0 Å². The summed E-state index contributed by atoms with van der Waals surface area (Å²) in [6.07, 6.45) is 0.146. The van der Waals surface area contributed by atoms with Gasteiger partial charge in [-0.25, -0.2) is 8.42 Å². The van der Waals surface area contributed by atoms with Gasteiger partial charge in [-0.15, -0.1) is 11.3 Å². The summed E-state index contributed by atoms with van der Waals surface area (Å²) in [5.74, 6) is -0.410. The molecule has 0 saturated heterocycles. The lowest BCUT2D eigenvalue weighted by atomic mass is 10.2. The Kier molecular flexibility index (Phi) is 6.68. The van der Waals surface area contributed by atoms with E-state index in [0.717, 1.165) is 0 Å². The molecule has 0 unspecified atom stereocenters. The van der Waals surface area contributed by atoms with Gasteiger partial charge >= 0.3 is 0 Å². The van der Waals surface area contributed by atoms with Crippen molar-refractivity contribution < 1.29 is 18.0 Å². The summed E-state index contributed by atoms with van der Waals surface area (Å²) in [4.78, 5) is 24.8. The van der Waals surface area contributed by atoms with Gasteiger partial charge in [0.15, 0.2) is 5.78 Å². The van der Waals surface area contributed by atoms with Crippen molar-refractivity contribution in [2.75, 3.05) is 10.0 Å². The quantitative estimate of drug-likeness (QED) is 0.484. The lowest BCUT2D eigenvalue weighted by Crippen LogP contribution is -2.15. The van der Waals surface area contributed by atoms with Crippen LogP contribution in [0.3, 0.4) is 0 Å². The first kappa shape index (κ1) is 21.0. The molecule has 1 heterocycles. The highest BCUT2D eigenvalue weighted by Crippen LogP contribution is 2.21. The lowest BCUT2D eigenvalue weighted by Gasteiger charge is -2.10. The van der Waals surface area contributed by atoms with Gasteiger partial charge in [0.1, 0.15) is 0 Å². The third-order valence-electron chi connectivity index (χ3n) is 3.90. The molecular formula is C20H17ClN2O4S2. The fraction of sp³-hybridized carbons (Fsp3) is 0.100. The van der Waals surface area contributed by atoms with Crippen molar-refractivity contribution >= 4 is 56.0 Å². The molecule has 9 heteroatoms. The maximum atomic E-state index is 12.5. The summed E-state index contributed by atoms with van der Waals surface area (Å²) in [6.45, 7) is 0. The minimum absolute atomic E-state index is 0.0391. The van der Waals surface area contributed by atoms with Crippen LogP contribution in [0.1, 0.15) is 22.5 Å². The number of hydrogen-bond acceptors (Lipinski definition) is 5. The third kappa shape index (κ3) is 5.90. The number of benzene rings is 2. The molecule has 0 aliphatic heterocycles. The van der Waals surface area contributed by atoms with Gasteiger partial charge in [-0.05, 0) is 53.9 Å². The van der Waals surface area contributed by atoms with E-state index >= 15 is 0 Å². The molecule has 3 rings (SSSR count). The van der Waals surface area contributed by atoms with Gasteiger partial charge in [0.2, 0.25) is 5.91 Å². The van der Waals surface area contributed by atoms with Crippen LogP contribution in [-0.2, 0) is 14.8 Å². The molecule has 1 aromatic heterocycles. The maximum absolute atomic E-state index is 12.5. The zero-order valence-electron chi connectivity index (χ0n) is 15.1. The third-order valence-corrected chi connectivity index (χ3v) is 6.46. The molecule has 2 N–H and O–H groups in total. The molecule has 0 aliphatic carbocycles. The van der Waals surface area contributed by atoms with E-state index in [9.17, 15) is 18.0 Å². The van der Waals surface area contributed by atoms with Crippen LogP contribution in [-0.4, -0.2) is 20.1 Å². The first-order chi connectivity index (χ1) is 13.8. The van der Waals surface area contributed by atoms with E-state index in [0.29, 0.717) is 21.3 Å². The summed E-state index contributed by atoms with van der Waals surface area (Å²) in [6, 6.07) is 15.6. The topological polar surface area (TPSA) is 92.3 Å². The van der Waals surface area contributed by atoms with Crippen molar-refractivity contribution in [3.8, 4) is 0 Å². The van der Waals surface area contributed by atoms with E-state index in [1.165, 1.54) is 41.7 Å². The van der Waals surface area contributed by atoms with Crippen LogP contribution in [0.5, 0.6) is 0 Å². The second-order valence-electron chi connectivity index (χ2n) is 6.09. The van der Waals surface area contributed by atoms with Gasteiger partial charge in [0.25, 0.3) is 10.0 Å². The molecule has 6 nitrogen and oxygen atoms in total. The van der Waals surface area contributed by atoms with Crippen LogP contribution < -0.4 is 10.0 Å². The molecule has 3 aromatic rings. The van der Waals surface area contributed by atoms with Crippen molar-refractivity contribution in [3.05, 3.63) is 75.9 Å². The number of thiophene rings is 1. The lowest BCUT2D eigenvalue weighted by molar-refractivity contribution is -0.116. The summed E-state index contributed by atoms with van der Waals surface area (Å²) >= 11 is 7.13. The molecule has 0 fully saturated rings. The SMILES string of the molecule is O=C(CCC(=O)c1cccs1)Nc1cccc(NS(=O)(=O)c2ccc(Cl)cc2)c1. The van der Waals surface area contributed by atoms with Crippen LogP contribution >= 0.6 is 22.9 Å². The van der Waals surface area contributed by atoms with Crippen molar-refractivity contribution in [1.29, 1.82) is 0 Å². The summed E-state index contributed by atoms with van der Waals surface area (Å²) < 4.78 is 27.4. The zero-order chi connectivity index (χ0) is 20.9. The minimum Gasteiger partial charge on any atom is -0.326 e. The highest BCUT2D eigenvalue weighted by Gasteiger charge is 2.15. The number of Topliss-reactive ketones (excluding diaryl/α,β-unsaturated/α-hetero) is 1. The normalized spacial score (nSPS) is 11.1. The fourth-order valence-corrected chi connectivity index (χ4v) is 4.37. The number of carbonyl (C=O) groups excluding carboxylic acids is 2.